The number of aryl methyl sites for hydroxylation is 2. The Morgan fingerprint density at radius 2 is 2.20 bits per heavy atom. The van der Waals surface area contributed by atoms with Crippen LogP contribution < -0.4 is 5.32 Å². The van der Waals surface area contributed by atoms with Gasteiger partial charge in [-0.25, -0.2) is 0 Å². The van der Waals surface area contributed by atoms with Crippen LogP contribution in [0.2, 0.25) is 0 Å². The number of hydrogen-bond acceptors (Lipinski definition) is 3. The summed E-state index contributed by atoms with van der Waals surface area (Å²) in [5.74, 6) is 0. The van der Waals surface area contributed by atoms with Crippen molar-refractivity contribution in [1.82, 2.24) is 20.3 Å². The summed E-state index contributed by atoms with van der Waals surface area (Å²) in [7, 11) is 1.90. The third kappa shape index (κ3) is 3.67. The minimum Gasteiger partial charge on any atom is -0.310 e. The van der Waals surface area contributed by atoms with E-state index in [-0.39, 0.29) is 6.04 Å². The zero-order chi connectivity index (χ0) is 14.5. The first-order chi connectivity index (χ1) is 9.61. The van der Waals surface area contributed by atoms with E-state index in [1.54, 1.807) is 4.68 Å². The average molecular weight is 337 g/mol. The van der Waals surface area contributed by atoms with Gasteiger partial charge in [0.2, 0.25) is 0 Å². The van der Waals surface area contributed by atoms with Crippen LogP contribution >= 0.6 is 15.9 Å². The number of hydrogen-bond donors (Lipinski definition) is 1. The highest BCUT2D eigenvalue weighted by Crippen LogP contribution is 2.28. The van der Waals surface area contributed by atoms with Gasteiger partial charge in [0, 0.05) is 30.2 Å². The first-order valence-corrected chi connectivity index (χ1v) is 7.74. The first kappa shape index (κ1) is 15.2. The van der Waals surface area contributed by atoms with Crippen molar-refractivity contribution in [2.75, 3.05) is 6.54 Å². The summed E-state index contributed by atoms with van der Waals surface area (Å²) in [4.78, 5) is 0. The highest BCUT2D eigenvalue weighted by Gasteiger charge is 2.17. The predicted octanol–water partition coefficient (Wildman–Crippen LogP) is 3.17. The molecule has 0 aliphatic rings. The van der Waals surface area contributed by atoms with E-state index in [1.165, 1.54) is 15.6 Å². The van der Waals surface area contributed by atoms with Gasteiger partial charge in [0.15, 0.2) is 0 Å². The van der Waals surface area contributed by atoms with E-state index < -0.39 is 0 Å². The molecule has 1 aromatic carbocycles. The van der Waals surface area contributed by atoms with E-state index in [0.29, 0.717) is 0 Å². The maximum absolute atomic E-state index is 4.20. The van der Waals surface area contributed by atoms with Crippen LogP contribution in [0.15, 0.2) is 28.9 Å². The maximum Gasteiger partial charge on any atom is 0.0845 e. The molecule has 2 aromatic rings. The molecule has 5 heteroatoms. The Hall–Kier alpha value is -1.20. The fraction of sp³-hybridized carbons (Fsp3) is 0.467. The van der Waals surface area contributed by atoms with Crippen molar-refractivity contribution in [2.24, 2.45) is 7.05 Å². The molecule has 0 bridgehead atoms. The number of benzene rings is 1. The number of halogens is 1. The zero-order valence-electron chi connectivity index (χ0n) is 12.2. The van der Waals surface area contributed by atoms with Gasteiger partial charge in [0.25, 0.3) is 0 Å². The molecule has 108 valence electrons. The molecule has 0 saturated carbocycles. The molecule has 0 aliphatic carbocycles. The second kappa shape index (κ2) is 6.99. The summed E-state index contributed by atoms with van der Waals surface area (Å²) in [6, 6.07) is 6.64. The summed E-state index contributed by atoms with van der Waals surface area (Å²) in [6.45, 7) is 5.29. The molecule has 0 fully saturated rings. The smallest absolute Gasteiger partial charge is 0.0845 e. The van der Waals surface area contributed by atoms with Crippen LogP contribution in [-0.2, 0) is 13.5 Å². The SMILES string of the molecule is CCCNC(Cc1cn(C)nn1)c1cccc(C)c1Br. The van der Waals surface area contributed by atoms with Crippen LogP contribution in [0.25, 0.3) is 0 Å². The number of nitrogens with zero attached hydrogens (tertiary/aromatic N) is 3. The summed E-state index contributed by atoms with van der Waals surface area (Å²) in [5.41, 5.74) is 3.54. The Bertz CT molecular complexity index is 565. The lowest BCUT2D eigenvalue weighted by molar-refractivity contribution is 0.522. The summed E-state index contributed by atoms with van der Waals surface area (Å²) >= 11 is 3.71. The van der Waals surface area contributed by atoms with Gasteiger partial charge in [-0.05, 0) is 31.0 Å². The van der Waals surface area contributed by atoms with Crippen molar-refractivity contribution in [3.8, 4) is 0 Å². The molecule has 0 aliphatic heterocycles. The zero-order valence-corrected chi connectivity index (χ0v) is 13.8. The van der Waals surface area contributed by atoms with Gasteiger partial charge >= 0.3 is 0 Å². The lowest BCUT2D eigenvalue weighted by atomic mass is 10.00. The van der Waals surface area contributed by atoms with Crippen molar-refractivity contribution >= 4 is 15.9 Å². The molecule has 1 aromatic heterocycles. The summed E-state index contributed by atoms with van der Waals surface area (Å²) in [5, 5.41) is 11.8. The predicted molar refractivity (Wildman–Crippen MR) is 84.6 cm³/mol. The van der Waals surface area contributed by atoms with Gasteiger partial charge < -0.3 is 5.32 Å². The van der Waals surface area contributed by atoms with E-state index in [9.17, 15) is 0 Å². The number of aromatic nitrogens is 3. The molecule has 1 atom stereocenters. The van der Waals surface area contributed by atoms with E-state index >= 15 is 0 Å². The normalized spacial score (nSPS) is 12.6. The third-order valence-electron chi connectivity index (χ3n) is 3.30. The van der Waals surface area contributed by atoms with Gasteiger partial charge in [0.05, 0.1) is 5.69 Å². The van der Waals surface area contributed by atoms with Crippen LogP contribution in [0, 0.1) is 6.92 Å². The lowest BCUT2D eigenvalue weighted by Gasteiger charge is -2.20. The first-order valence-electron chi connectivity index (χ1n) is 6.95. The molecule has 2 rings (SSSR count). The maximum atomic E-state index is 4.20. The van der Waals surface area contributed by atoms with E-state index in [4.69, 9.17) is 0 Å². The molecular formula is C15H21BrN4. The van der Waals surface area contributed by atoms with Crippen molar-refractivity contribution in [3.63, 3.8) is 0 Å². The molecule has 1 unspecified atom stereocenters. The van der Waals surface area contributed by atoms with Crippen molar-refractivity contribution in [1.29, 1.82) is 0 Å². The average Bonchev–Trinajstić information content (AvgIpc) is 2.83. The Morgan fingerprint density at radius 1 is 1.40 bits per heavy atom. The molecule has 0 amide bonds. The fourth-order valence-corrected chi connectivity index (χ4v) is 2.79. The molecule has 4 nitrogen and oxygen atoms in total. The molecule has 1 N–H and O–H groups in total. The van der Waals surface area contributed by atoms with Crippen molar-refractivity contribution < 1.29 is 0 Å². The second-order valence-electron chi connectivity index (χ2n) is 5.07. The fourth-order valence-electron chi connectivity index (χ4n) is 2.25. The topological polar surface area (TPSA) is 42.7 Å². The largest absolute Gasteiger partial charge is 0.310 e. The minimum absolute atomic E-state index is 0.251. The van der Waals surface area contributed by atoms with Gasteiger partial charge in [-0.3, -0.25) is 4.68 Å². The van der Waals surface area contributed by atoms with Crippen LogP contribution in [0.4, 0.5) is 0 Å². The van der Waals surface area contributed by atoms with E-state index in [0.717, 1.165) is 25.1 Å². The number of nitrogens with one attached hydrogen (secondary N) is 1. The van der Waals surface area contributed by atoms with Gasteiger partial charge in [-0.15, -0.1) is 5.10 Å². The lowest BCUT2D eigenvalue weighted by Crippen LogP contribution is -2.24. The minimum atomic E-state index is 0.251. The molecule has 0 radical (unpaired) electrons. The molecule has 0 spiro atoms. The van der Waals surface area contributed by atoms with Gasteiger partial charge in [0.1, 0.15) is 0 Å². The Labute approximate surface area is 128 Å². The van der Waals surface area contributed by atoms with Crippen LogP contribution in [0.5, 0.6) is 0 Å². The second-order valence-corrected chi connectivity index (χ2v) is 5.87. The summed E-state index contributed by atoms with van der Waals surface area (Å²) in [6.07, 6.45) is 3.93. The molecular weight excluding hydrogens is 316 g/mol. The van der Waals surface area contributed by atoms with Crippen LogP contribution in [-0.4, -0.2) is 21.5 Å². The van der Waals surface area contributed by atoms with Crippen molar-refractivity contribution in [3.05, 3.63) is 45.7 Å². The monoisotopic (exact) mass is 336 g/mol. The molecule has 20 heavy (non-hydrogen) atoms. The highest BCUT2D eigenvalue weighted by molar-refractivity contribution is 9.10. The van der Waals surface area contributed by atoms with Crippen LogP contribution in [0.3, 0.4) is 0 Å². The quantitative estimate of drug-likeness (QED) is 0.880. The standard InChI is InChI=1S/C15H21BrN4/c1-4-8-17-14(9-12-10-20(3)19-18-12)13-7-5-6-11(2)15(13)16/h5-7,10,14,17H,4,8-9H2,1-3H3. The van der Waals surface area contributed by atoms with Gasteiger partial charge in [-0.1, -0.05) is 46.3 Å². The molecule has 1 heterocycles. The Morgan fingerprint density at radius 3 is 2.85 bits per heavy atom. The van der Waals surface area contributed by atoms with Crippen molar-refractivity contribution in [2.45, 2.75) is 32.7 Å². The third-order valence-corrected chi connectivity index (χ3v) is 4.38. The van der Waals surface area contributed by atoms with E-state index in [2.05, 4.69) is 63.6 Å². The Balaban J connectivity index is 2.24. The van der Waals surface area contributed by atoms with Crippen LogP contribution in [0.1, 0.15) is 36.2 Å². The van der Waals surface area contributed by atoms with E-state index in [1.807, 2.05) is 13.2 Å². The molecule has 0 saturated heterocycles. The van der Waals surface area contributed by atoms with Gasteiger partial charge in [-0.2, -0.15) is 0 Å². The Kier molecular flexibility index (Phi) is 5.31. The summed E-state index contributed by atoms with van der Waals surface area (Å²) < 4.78 is 2.93. The number of rotatable bonds is 6. The highest BCUT2D eigenvalue weighted by atomic mass is 79.9.